The number of methoxy groups -OCH3 is 1. The number of halogens is 2. The van der Waals surface area contributed by atoms with Gasteiger partial charge in [0.2, 0.25) is 0 Å². The van der Waals surface area contributed by atoms with E-state index in [-0.39, 0.29) is 5.82 Å². The Hall–Kier alpha value is -1.59. The molecule has 0 bridgehead atoms. The van der Waals surface area contributed by atoms with E-state index in [0.29, 0.717) is 17.6 Å². The highest BCUT2D eigenvalue weighted by Gasteiger charge is 2.08. The fraction of sp³-hybridized carbons (Fsp3) is 0.250. The highest BCUT2D eigenvalue weighted by Crippen LogP contribution is 2.27. The van der Waals surface area contributed by atoms with E-state index in [1.807, 2.05) is 18.2 Å². The van der Waals surface area contributed by atoms with Crippen LogP contribution in [-0.4, -0.2) is 13.7 Å². The summed E-state index contributed by atoms with van der Waals surface area (Å²) in [6.45, 7) is 0.883. The molecule has 0 atom stereocenters. The maximum atomic E-state index is 13.1. The number of ether oxygens (including phenoxy) is 2. The van der Waals surface area contributed by atoms with Crippen molar-refractivity contribution in [3.8, 4) is 11.5 Å². The molecule has 2 rings (SSSR count). The minimum absolute atomic E-state index is 0.282. The van der Waals surface area contributed by atoms with Crippen LogP contribution >= 0.6 is 15.9 Å². The van der Waals surface area contributed by atoms with Gasteiger partial charge in [-0.25, -0.2) is 4.39 Å². The van der Waals surface area contributed by atoms with Crippen LogP contribution in [0.2, 0.25) is 0 Å². The third kappa shape index (κ3) is 4.19. The molecular formula is C16H17BrFNO2. The Morgan fingerprint density at radius 1 is 1.14 bits per heavy atom. The Labute approximate surface area is 132 Å². The maximum absolute atomic E-state index is 13.1. The minimum Gasteiger partial charge on any atom is -0.497 e. The zero-order valence-electron chi connectivity index (χ0n) is 11.7. The predicted octanol–water partition coefficient (Wildman–Crippen LogP) is 3.68. The molecule has 0 aliphatic heterocycles. The van der Waals surface area contributed by atoms with Crippen molar-refractivity contribution in [1.82, 2.24) is 0 Å². The first-order chi connectivity index (χ1) is 10.1. The Morgan fingerprint density at radius 3 is 2.57 bits per heavy atom. The van der Waals surface area contributed by atoms with E-state index in [1.165, 1.54) is 12.1 Å². The summed E-state index contributed by atoms with van der Waals surface area (Å²) < 4.78 is 24.8. The van der Waals surface area contributed by atoms with Gasteiger partial charge in [0, 0.05) is 16.1 Å². The molecule has 0 heterocycles. The fourth-order valence-corrected chi connectivity index (χ4v) is 2.42. The Morgan fingerprint density at radius 2 is 1.90 bits per heavy atom. The van der Waals surface area contributed by atoms with Crippen LogP contribution in [0, 0.1) is 5.82 Å². The highest BCUT2D eigenvalue weighted by atomic mass is 79.9. The Kier molecular flexibility index (Phi) is 5.59. The first kappa shape index (κ1) is 15.8. The molecule has 2 aromatic carbocycles. The quantitative estimate of drug-likeness (QED) is 0.861. The monoisotopic (exact) mass is 353 g/mol. The fourth-order valence-electron chi connectivity index (χ4n) is 1.95. The summed E-state index contributed by atoms with van der Waals surface area (Å²) in [6, 6.07) is 10.2. The summed E-state index contributed by atoms with van der Waals surface area (Å²) >= 11 is 3.33. The van der Waals surface area contributed by atoms with Gasteiger partial charge in [0.05, 0.1) is 7.11 Å². The third-order valence-electron chi connectivity index (χ3n) is 3.09. The molecule has 0 aromatic heterocycles. The van der Waals surface area contributed by atoms with Crippen molar-refractivity contribution in [2.24, 2.45) is 5.73 Å². The highest BCUT2D eigenvalue weighted by molar-refractivity contribution is 9.10. The summed E-state index contributed by atoms with van der Waals surface area (Å²) in [6.07, 6.45) is 0.726. The van der Waals surface area contributed by atoms with Crippen molar-refractivity contribution in [1.29, 1.82) is 0 Å². The summed E-state index contributed by atoms with van der Waals surface area (Å²) in [4.78, 5) is 0. The minimum atomic E-state index is -0.282. The molecule has 0 saturated carbocycles. The van der Waals surface area contributed by atoms with Crippen molar-refractivity contribution >= 4 is 15.9 Å². The van der Waals surface area contributed by atoms with Crippen molar-refractivity contribution < 1.29 is 13.9 Å². The molecule has 0 radical (unpaired) electrons. The smallest absolute Gasteiger partial charge is 0.126 e. The van der Waals surface area contributed by atoms with Crippen LogP contribution < -0.4 is 15.2 Å². The first-order valence-electron chi connectivity index (χ1n) is 6.57. The first-order valence-corrected chi connectivity index (χ1v) is 7.37. The summed E-state index contributed by atoms with van der Waals surface area (Å²) in [5.74, 6) is 1.18. The van der Waals surface area contributed by atoms with Gasteiger partial charge >= 0.3 is 0 Å². The third-order valence-corrected chi connectivity index (χ3v) is 3.82. The number of hydrogen-bond acceptors (Lipinski definition) is 3. The van der Waals surface area contributed by atoms with Crippen molar-refractivity contribution in [3.05, 3.63) is 57.8 Å². The number of rotatable bonds is 6. The van der Waals surface area contributed by atoms with E-state index in [1.54, 1.807) is 13.2 Å². The standard InChI is InChI=1S/C16H17BrFNO2/c1-20-14-5-3-11(6-7-19)16(9-14)21-10-12-2-4-13(18)8-15(12)17/h2-5,8-9H,6-7,10,19H2,1H3. The number of nitrogens with two attached hydrogens (primary N) is 1. The van der Waals surface area contributed by atoms with Gasteiger partial charge in [-0.05, 0) is 36.7 Å². The van der Waals surface area contributed by atoms with E-state index in [2.05, 4.69) is 15.9 Å². The molecule has 0 fully saturated rings. The normalized spacial score (nSPS) is 10.5. The molecule has 0 spiro atoms. The van der Waals surface area contributed by atoms with Crippen LogP contribution in [0.3, 0.4) is 0 Å². The summed E-state index contributed by atoms with van der Waals surface area (Å²) in [5, 5.41) is 0. The molecule has 0 amide bonds. The van der Waals surface area contributed by atoms with Gasteiger partial charge in [-0.15, -0.1) is 0 Å². The van der Waals surface area contributed by atoms with E-state index in [0.717, 1.165) is 29.0 Å². The molecule has 2 N–H and O–H groups in total. The average molecular weight is 354 g/mol. The molecular weight excluding hydrogens is 337 g/mol. The van der Waals surface area contributed by atoms with Crippen LogP contribution in [0.5, 0.6) is 11.5 Å². The number of hydrogen-bond donors (Lipinski definition) is 1. The average Bonchev–Trinajstić information content (AvgIpc) is 2.48. The lowest BCUT2D eigenvalue weighted by Crippen LogP contribution is -2.06. The zero-order chi connectivity index (χ0) is 15.2. The van der Waals surface area contributed by atoms with E-state index in [4.69, 9.17) is 15.2 Å². The van der Waals surface area contributed by atoms with Crippen LogP contribution in [0.25, 0.3) is 0 Å². The molecule has 5 heteroatoms. The van der Waals surface area contributed by atoms with Crippen LogP contribution in [0.15, 0.2) is 40.9 Å². The van der Waals surface area contributed by atoms with Gasteiger partial charge in [-0.2, -0.15) is 0 Å². The zero-order valence-corrected chi connectivity index (χ0v) is 13.3. The van der Waals surface area contributed by atoms with Crippen molar-refractivity contribution in [3.63, 3.8) is 0 Å². The second-order valence-corrected chi connectivity index (χ2v) is 5.39. The van der Waals surface area contributed by atoms with E-state index < -0.39 is 0 Å². The van der Waals surface area contributed by atoms with Gasteiger partial charge in [0.1, 0.15) is 23.9 Å². The molecule has 0 unspecified atom stereocenters. The van der Waals surface area contributed by atoms with Gasteiger partial charge in [-0.3, -0.25) is 0 Å². The lowest BCUT2D eigenvalue weighted by atomic mass is 10.1. The summed E-state index contributed by atoms with van der Waals surface area (Å²) in [5.41, 5.74) is 7.51. The van der Waals surface area contributed by atoms with Crippen LogP contribution in [0.4, 0.5) is 4.39 Å². The van der Waals surface area contributed by atoms with Crippen molar-refractivity contribution in [2.75, 3.05) is 13.7 Å². The van der Waals surface area contributed by atoms with Gasteiger partial charge in [0.15, 0.2) is 0 Å². The lowest BCUT2D eigenvalue weighted by Gasteiger charge is -2.13. The topological polar surface area (TPSA) is 44.5 Å². The van der Waals surface area contributed by atoms with Gasteiger partial charge in [-0.1, -0.05) is 28.1 Å². The summed E-state index contributed by atoms with van der Waals surface area (Å²) in [7, 11) is 1.61. The van der Waals surface area contributed by atoms with Gasteiger partial charge < -0.3 is 15.2 Å². The molecule has 0 saturated heterocycles. The molecule has 21 heavy (non-hydrogen) atoms. The van der Waals surface area contributed by atoms with Crippen molar-refractivity contribution in [2.45, 2.75) is 13.0 Å². The van der Waals surface area contributed by atoms with Gasteiger partial charge in [0.25, 0.3) is 0 Å². The lowest BCUT2D eigenvalue weighted by molar-refractivity contribution is 0.299. The molecule has 0 aliphatic carbocycles. The maximum Gasteiger partial charge on any atom is 0.126 e. The molecule has 112 valence electrons. The second-order valence-electron chi connectivity index (χ2n) is 4.54. The second kappa shape index (κ2) is 7.43. The molecule has 2 aromatic rings. The van der Waals surface area contributed by atoms with Crippen LogP contribution in [-0.2, 0) is 13.0 Å². The largest absolute Gasteiger partial charge is 0.497 e. The molecule has 3 nitrogen and oxygen atoms in total. The van der Waals surface area contributed by atoms with E-state index in [9.17, 15) is 4.39 Å². The SMILES string of the molecule is COc1ccc(CCN)c(OCc2ccc(F)cc2Br)c1. The molecule has 0 aliphatic rings. The predicted molar refractivity (Wildman–Crippen MR) is 84.2 cm³/mol. The van der Waals surface area contributed by atoms with E-state index >= 15 is 0 Å². The number of benzene rings is 2. The Bertz CT molecular complexity index is 619. The Balaban J connectivity index is 2.17. The van der Waals surface area contributed by atoms with Crippen LogP contribution in [0.1, 0.15) is 11.1 Å².